The van der Waals surface area contributed by atoms with Crippen LogP contribution in [0.25, 0.3) is 0 Å². The number of carbonyl (C=O) groups excluding carboxylic acids is 1. The summed E-state index contributed by atoms with van der Waals surface area (Å²) in [5, 5.41) is 13.9. The summed E-state index contributed by atoms with van der Waals surface area (Å²) in [7, 11) is 1.53. The van der Waals surface area contributed by atoms with Crippen LogP contribution in [0.3, 0.4) is 0 Å². The van der Waals surface area contributed by atoms with Gasteiger partial charge in [-0.2, -0.15) is 5.21 Å². The highest BCUT2D eigenvalue weighted by Gasteiger charge is 2.30. The van der Waals surface area contributed by atoms with Gasteiger partial charge in [0.2, 0.25) is 5.88 Å². The fourth-order valence-corrected chi connectivity index (χ4v) is 2.99. The van der Waals surface area contributed by atoms with Gasteiger partial charge < -0.3 is 9.64 Å². The fraction of sp³-hybridized carbons (Fsp3) is 0.533. The molecule has 1 fully saturated rings. The van der Waals surface area contributed by atoms with Gasteiger partial charge in [0.1, 0.15) is 5.56 Å². The molecule has 0 radical (unpaired) electrons. The number of nitrogens with one attached hydrogen (secondary N) is 1. The molecule has 3 rings (SSSR count). The van der Waals surface area contributed by atoms with Gasteiger partial charge in [-0.1, -0.05) is 18.1 Å². The first-order valence-corrected chi connectivity index (χ1v) is 7.74. The Kier molecular flexibility index (Phi) is 4.50. The van der Waals surface area contributed by atoms with E-state index in [2.05, 4.69) is 25.6 Å². The summed E-state index contributed by atoms with van der Waals surface area (Å²) >= 11 is 0. The van der Waals surface area contributed by atoms with Crippen LogP contribution in [0.5, 0.6) is 5.88 Å². The highest BCUT2D eigenvalue weighted by atomic mass is 16.5. The quantitative estimate of drug-likeness (QED) is 0.897. The number of aromatic nitrogens is 5. The summed E-state index contributed by atoms with van der Waals surface area (Å²) in [4.78, 5) is 19.2. The van der Waals surface area contributed by atoms with Crippen LogP contribution < -0.4 is 4.74 Å². The van der Waals surface area contributed by atoms with E-state index in [0.29, 0.717) is 23.8 Å². The van der Waals surface area contributed by atoms with E-state index >= 15 is 0 Å². The van der Waals surface area contributed by atoms with Crippen LogP contribution >= 0.6 is 0 Å². The van der Waals surface area contributed by atoms with Crippen molar-refractivity contribution >= 4 is 5.91 Å². The number of ether oxygens (including phenoxy) is 1. The first-order valence-electron chi connectivity index (χ1n) is 7.74. The average molecular weight is 316 g/mol. The van der Waals surface area contributed by atoms with Crippen LogP contribution in [0.15, 0.2) is 12.1 Å². The third kappa shape index (κ3) is 3.30. The lowest BCUT2D eigenvalue weighted by molar-refractivity contribution is 0.0654. The van der Waals surface area contributed by atoms with Gasteiger partial charge in [0.15, 0.2) is 5.82 Å². The second-order valence-corrected chi connectivity index (χ2v) is 5.71. The maximum Gasteiger partial charge on any atom is 0.260 e. The van der Waals surface area contributed by atoms with E-state index in [1.54, 1.807) is 6.07 Å². The summed E-state index contributed by atoms with van der Waals surface area (Å²) in [6.45, 7) is 2.20. The third-order valence-electron chi connectivity index (χ3n) is 4.15. The molecule has 0 aromatic carbocycles. The van der Waals surface area contributed by atoms with Crippen molar-refractivity contribution in [2.75, 3.05) is 7.11 Å². The fourth-order valence-electron chi connectivity index (χ4n) is 2.99. The molecule has 2 heterocycles. The Balaban J connectivity index is 1.90. The number of tetrazole rings is 1. The molecule has 1 amide bonds. The minimum absolute atomic E-state index is 0.106. The van der Waals surface area contributed by atoms with Crippen molar-refractivity contribution in [1.29, 1.82) is 0 Å². The molecule has 0 bridgehead atoms. The zero-order valence-corrected chi connectivity index (χ0v) is 13.3. The summed E-state index contributed by atoms with van der Waals surface area (Å²) in [6.07, 6.45) is 4.24. The van der Waals surface area contributed by atoms with Crippen molar-refractivity contribution in [2.45, 2.75) is 45.2 Å². The Morgan fingerprint density at radius 2 is 2.17 bits per heavy atom. The topological polar surface area (TPSA) is 96.9 Å². The van der Waals surface area contributed by atoms with Crippen LogP contribution in [0, 0.1) is 6.92 Å². The normalized spacial score (nSPS) is 14.9. The molecule has 23 heavy (non-hydrogen) atoms. The standard InChI is InChI=1S/C15H20N6O2/c1-10-7-8-12(14(16-10)23-2)15(22)21(11-5-3-4-6-11)9-13-17-19-20-18-13/h7-8,11H,3-6,9H2,1-2H3,(H,17,18,19,20). The molecular formula is C15H20N6O2. The van der Waals surface area contributed by atoms with Crippen molar-refractivity contribution in [1.82, 2.24) is 30.5 Å². The van der Waals surface area contributed by atoms with Crippen molar-refractivity contribution in [3.63, 3.8) is 0 Å². The maximum atomic E-state index is 13.1. The number of aromatic amines is 1. The minimum Gasteiger partial charge on any atom is -0.480 e. The molecule has 122 valence electrons. The molecule has 0 aliphatic heterocycles. The van der Waals surface area contributed by atoms with Gasteiger partial charge in [0.25, 0.3) is 5.91 Å². The van der Waals surface area contributed by atoms with E-state index in [1.165, 1.54) is 7.11 Å². The SMILES string of the molecule is COc1nc(C)ccc1C(=O)N(Cc1nn[nH]n1)C1CCCC1. The van der Waals surface area contributed by atoms with Gasteiger partial charge in [0, 0.05) is 11.7 Å². The summed E-state index contributed by atoms with van der Waals surface area (Å²) in [5.74, 6) is 0.751. The highest BCUT2D eigenvalue weighted by molar-refractivity contribution is 5.96. The molecule has 8 heteroatoms. The minimum atomic E-state index is -0.106. The molecule has 1 saturated carbocycles. The predicted octanol–water partition coefficient (Wildman–Crippen LogP) is 1.50. The number of rotatable bonds is 5. The van der Waals surface area contributed by atoms with Crippen molar-refractivity contribution in [3.05, 3.63) is 29.2 Å². The van der Waals surface area contributed by atoms with E-state index in [9.17, 15) is 4.79 Å². The molecule has 0 atom stereocenters. The third-order valence-corrected chi connectivity index (χ3v) is 4.15. The van der Waals surface area contributed by atoms with Crippen molar-refractivity contribution < 1.29 is 9.53 Å². The molecule has 8 nitrogen and oxygen atoms in total. The monoisotopic (exact) mass is 316 g/mol. The lowest BCUT2D eigenvalue weighted by Gasteiger charge is -2.28. The number of hydrogen-bond acceptors (Lipinski definition) is 6. The average Bonchev–Trinajstić information content (AvgIpc) is 3.25. The predicted molar refractivity (Wildman–Crippen MR) is 81.8 cm³/mol. The molecule has 2 aromatic rings. The maximum absolute atomic E-state index is 13.1. The zero-order valence-electron chi connectivity index (χ0n) is 13.3. The lowest BCUT2D eigenvalue weighted by atomic mass is 10.1. The van der Waals surface area contributed by atoms with Gasteiger partial charge in [-0.25, -0.2) is 4.98 Å². The van der Waals surface area contributed by atoms with Crippen LogP contribution in [0.1, 0.15) is 47.6 Å². The Bertz CT molecular complexity index is 667. The van der Waals surface area contributed by atoms with Crippen LogP contribution in [0.2, 0.25) is 0 Å². The summed E-state index contributed by atoms with van der Waals surface area (Å²) in [5.41, 5.74) is 1.28. The number of methoxy groups -OCH3 is 1. The molecule has 2 aromatic heterocycles. The Morgan fingerprint density at radius 3 is 2.83 bits per heavy atom. The number of hydrogen-bond donors (Lipinski definition) is 1. The summed E-state index contributed by atoms with van der Waals surface area (Å²) in [6, 6.07) is 3.77. The number of nitrogens with zero attached hydrogens (tertiary/aromatic N) is 5. The molecule has 0 spiro atoms. The Morgan fingerprint density at radius 1 is 1.39 bits per heavy atom. The Labute approximate surface area is 134 Å². The van der Waals surface area contributed by atoms with Crippen molar-refractivity contribution in [2.24, 2.45) is 0 Å². The first kappa shape index (κ1) is 15.4. The van der Waals surface area contributed by atoms with Gasteiger partial charge >= 0.3 is 0 Å². The number of carbonyl (C=O) groups is 1. The van der Waals surface area contributed by atoms with E-state index in [4.69, 9.17) is 4.74 Å². The van der Waals surface area contributed by atoms with Crippen LogP contribution in [-0.2, 0) is 6.54 Å². The van der Waals surface area contributed by atoms with Gasteiger partial charge in [-0.3, -0.25) is 4.79 Å². The Hall–Kier alpha value is -2.51. The molecule has 0 unspecified atom stereocenters. The van der Waals surface area contributed by atoms with Crippen LogP contribution in [-0.4, -0.2) is 49.6 Å². The van der Waals surface area contributed by atoms with Gasteiger partial charge in [-0.15, -0.1) is 10.2 Å². The second kappa shape index (κ2) is 6.72. The summed E-state index contributed by atoms with van der Waals surface area (Å²) < 4.78 is 5.29. The molecule has 0 saturated heterocycles. The van der Waals surface area contributed by atoms with Gasteiger partial charge in [0.05, 0.1) is 13.7 Å². The van der Waals surface area contributed by atoms with E-state index < -0.39 is 0 Å². The number of aryl methyl sites for hydroxylation is 1. The number of amides is 1. The molecule has 1 aliphatic rings. The second-order valence-electron chi connectivity index (χ2n) is 5.71. The van der Waals surface area contributed by atoms with Gasteiger partial charge in [-0.05, 0) is 31.9 Å². The smallest absolute Gasteiger partial charge is 0.260 e. The van der Waals surface area contributed by atoms with E-state index in [1.807, 2.05) is 17.9 Å². The number of H-pyrrole nitrogens is 1. The van der Waals surface area contributed by atoms with Crippen molar-refractivity contribution in [3.8, 4) is 5.88 Å². The number of pyridine rings is 1. The largest absolute Gasteiger partial charge is 0.480 e. The van der Waals surface area contributed by atoms with E-state index in [0.717, 1.165) is 31.4 Å². The van der Waals surface area contributed by atoms with Crippen LogP contribution in [0.4, 0.5) is 0 Å². The molecule has 1 aliphatic carbocycles. The first-order chi connectivity index (χ1) is 11.2. The lowest BCUT2D eigenvalue weighted by Crippen LogP contribution is -2.39. The molecule has 1 N–H and O–H groups in total. The zero-order chi connectivity index (χ0) is 16.2. The molecular weight excluding hydrogens is 296 g/mol. The van der Waals surface area contributed by atoms with E-state index in [-0.39, 0.29) is 11.9 Å². The highest BCUT2D eigenvalue weighted by Crippen LogP contribution is 2.28.